The first-order valence-electron chi connectivity index (χ1n) is 8.29. The molecule has 2 heterocycles. The van der Waals surface area contributed by atoms with Gasteiger partial charge in [-0.1, -0.05) is 23.4 Å². The molecule has 0 aliphatic heterocycles. The highest BCUT2D eigenvalue weighted by Crippen LogP contribution is 2.20. The van der Waals surface area contributed by atoms with Crippen molar-refractivity contribution >= 4 is 17.7 Å². The summed E-state index contributed by atoms with van der Waals surface area (Å²) in [5.74, 6) is 1.95. The Kier molecular flexibility index (Phi) is 6.01. The van der Waals surface area contributed by atoms with Crippen molar-refractivity contribution < 1.29 is 9.32 Å². The molecule has 6 nitrogen and oxygen atoms in total. The fraction of sp³-hybridized carbons (Fsp3) is 0.263. The molecule has 0 N–H and O–H groups in total. The highest BCUT2D eigenvalue weighted by Gasteiger charge is 2.13. The minimum absolute atomic E-state index is 0.0193. The lowest BCUT2D eigenvalue weighted by molar-refractivity contribution is 0.0796. The summed E-state index contributed by atoms with van der Waals surface area (Å²) in [7, 11) is 1.78. The van der Waals surface area contributed by atoms with Crippen LogP contribution in [0.15, 0.2) is 58.2 Å². The molecule has 26 heavy (non-hydrogen) atoms. The SMILES string of the molecule is Cc1nc(CCN(C)C(=O)c2ccc(CSc3ccccn3)cc2)no1. The number of carbonyl (C=O) groups excluding carboxylic acids is 1. The number of carbonyl (C=O) groups is 1. The standard InChI is InChI=1S/C19H20N4O2S/c1-14-21-17(22-25-14)10-12-23(2)19(24)16-8-6-15(7-9-16)13-26-18-5-3-4-11-20-18/h3-9,11H,10,12-13H2,1-2H3. The fourth-order valence-corrected chi connectivity index (χ4v) is 3.18. The van der Waals surface area contributed by atoms with Gasteiger partial charge < -0.3 is 9.42 Å². The Hall–Kier alpha value is -2.67. The van der Waals surface area contributed by atoms with Crippen LogP contribution in [0.5, 0.6) is 0 Å². The monoisotopic (exact) mass is 368 g/mol. The van der Waals surface area contributed by atoms with Crippen molar-refractivity contribution in [3.05, 3.63) is 71.5 Å². The van der Waals surface area contributed by atoms with E-state index in [4.69, 9.17) is 4.52 Å². The molecular formula is C19H20N4O2S. The van der Waals surface area contributed by atoms with Gasteiger partial charge in [0.05, 0.1) is 5.03 Å². The van der Waals surface area contributed by atoms with E-state index in [1.807, 2.05) is 42.5 Å². The molecule has 0 bridgehead atoms. The van der Waals surface area contributed by atoms with Gasteiger partial charge in [-0.2, -0.15) is 4.98 Å². The van der Waals surface area contributed by atoms with Crippen LogP contribution in [-0.2, 0) is 12.2 Å². The third-order valence-electron chi connectivity index (χ3n) is 3.81. The summed E-state index contributed by atoms with van der Waals surface area (Å²) in [5, 5.41) is 4.84. The van der Waals surface area contributed by atoms with Crippen LogP contribution in [-0.4, -0.2) is 39.5 Å². The topological polar surface area (TPSA) is 72.1 Å². The molecule has 0 atom stereocenters. The number of amides is 1. The van der Waals surface area contributed by atoms with Crippen LogP contribution in [0.2, 0.25) is 0 Å². The smallest absolute Gasteiger partial charge is 0.253 e. The lowest BCUT2D eigenvalue weighted by atomic mass is 10.1. The number of aromatic nitrogens is 3. The largest absolute Gasteiger partial charge is 0.341 e. The molecule has 0 fully saturated rings. The van der Waals surface area contributed by atoms with Crippen molar-refractivity contribution in [2.45, 2.75) is 24.1 Å². The first-order chi connectivity index (χ1) is 12.6. The second-order valence-electron chi connectivity index (χ2n) is 5.86. The third kappa shape index (κ3) is 4.92. The second kappa shape index (κ2) is 8.62. The first kappa shape index (κ1) is 18.1. The van der Waals surface area contributed by atoms with Crippen molar-refractivity contribution in [2.75, 3.05) is 13.6 Å². The molecule has 0 radical (unpaired) electrons. The molecule has 3 aromatic rings. The molecule has 0 aliphatic rings. The molecule has 0 saturated heterocycles. The van der Waals surface area contributed by atoms with Crippen LogP contribution in [0.1, 0.15) is 27.6 Å². The molecule has 1 amide bonds. The van der Waals surface area contributed by atoms with Crippen LogP contribution < -0.4 is 0 Å². The maximum absolute atomic E-state index is 12.5. The predicted octanol–water partition coefficient (Wildman–Crippen LogP) is 3.38. The predicted molar refractivity (Wildman–Crippen MR) is 99.9 cm³/mol. The number of rotatable bonds is 7. The van der Waals surface area contributed by atoms with Gasteiger partial charge in [0.1, 0.15) is 0 Å². The first-order valence-corrected chi connectivity index (χ1v) is 9.28. The normalized spacial score (nSPS) is 10.7. The fourth-order valence-electron chi connectivity index (χ4n) is 2.37. The zero-order chi connectivity index (χ0) is 18.4. The summed E-state index contributed by atoms with van der Waals surface area (Å²) in [6.07, 6.45) is 2.36. The Morgan fingerprint density at radius 1 is 1.19 bits per heavy atom. The number of hydrogen-bond donors (Lipinski definition) is 0. The summed E-state index contributed by atoms with van der Waals surface area (Å²) in [5.41, 5.74) is 1.82. The second-order valence-corrected chi connectivity index (χ2v) is 6.86. The molecule has 0 aliphatic carbocycles. The summed E-state index contributed by atoms with van der Waals surface area (Å²) in [6, 6.07) is 13.6. The van der Waals surface area contributed by atoms with Crippen LogP contribution in [0.4, 0.5) is 0 Å². The van der Waals surface area contributed by atoms with E-state index in [1.54, 1.807) is 36.8 Å². The quantitative estimate of drug-likeness (QED) is 0.595. The van der Waals surface area contributed by atoms with E-state index in [2.05, 4.69) is 15.1 Å². The summed E-state index contributed by atoms with van der Waals surface area (Å²) < 4.78 is 4.94. The maximum atomic E-state index is 12.5. The van der Waals surface area contributed by atoms with Crippen LogP contribution in [0.3, 0.4) is 0 Å². The minimum Gasteiger partial charge on any atom is -0.341 e. The van der Waals surface area contributed by atoms with Gasteiger partial charge >= 0.3 is 0 Å². The molecule has 0 saturated carbocycles. The van der Waals surface area contributed by atoms with Crippen molar-refractivity contribution in [3.8, 4) is 0 Å². The Labute approximate surface area is 156 Å². The molecular weight excluding hydrogens is 348 g/mol. The third-order valence-corrected chi connectivity index (χ3v) is 4.83. The number of likely N-dealkylation sites (N-methyl/N-ethyl adjacent to an activating group) is 1. The van der Waals surface area contributed by atoms with Gasteiger partial charge in [-0.15, -0.1) is 11.8 Å². The van der Waals surface area contributed by atoms with E-state index >= 15 is 0 Å². The lowest BCUT2D eigenvalue weighted by Gasteiger charge is -2.16. The molecule has 0 unspecified atom stereocenters. The summed E-state index contributed by atoms with van der Waals surface area (Å²) in [4.78, 5) is 22.6. The van der Waals surface area contributed by atoms with Crippen LogP contribution in [0, 0.1) is 6.92 Å². The molecule has 2 aromatic heterocycles. The Morgan fingerprint density at radius 2 is 2.00 bits per heavy atom. The summed E-state index contributed by atoms with van der Waals surface area (Å²) in [6.45, 7) is 2.29. The molecule has 134 valence electrons. The molecule has 3 rings (SSSR count). The number of benzene rings is 1. The van der Waals surface area contributed by atoms with E-state index in [0.717, 1.165) is 16.3 Å². The van der Waals surface area contributed by atoms with Gasteiger partial charge in [0.25, 0.3) is 5.91 Å². The Morgan fingerprint density at radius 3 is 2.65 bits per heavy atom. The van der Waals surface area contributed by atoms with Gasteiger partial charge in [0.2, 0.25) is 5.89 Å². The minimum atomic E-state index is -0.0193. The molecule has 7 heteroatoms. The van der Waals surface area contributed by atoms with Crippen molar-refractivity contribution in [1.29, 1.82) is 0 Å². The average Bonchev–Trinajstić information content (AvgIpc) is 3.10. The van der Waals surface area contributed by atoms with Gasteiger partial charge in [-0.3, -0.25) is 4.79 Å². The van der Waals surface area contributed by atoms with E-state index in [9.17, 15) is 4.79 Å². The number of pyridine rings is 1. The lowest BCUT2D eigenvalue weighted by Crippen LogP contribution is -2.29. The van der Waals surface area contributed by atoms with E-state index in [-0.39, 0.29) is 5.91 Å². The summed E-state index contributed by atoms with van der Waals surface area (Å²) >= 11 is 1.67. The number of aryl methyl sites for hydroxylation is 1. The van der Waals surface area contributed by atoms with E-state index in [1.165, 1.54) is 0 Å². The number of hydrogen-bond acceptors (Lipinski definition) is 6. The Balaban J connectivity index is 1.52. The number of thioether (sulfide) groups is 1. The van der Waals surface area contributed by atoms with Gasteiger partial charge in [0.15, 0.2) is 5.82 Å². The zero-order valence-corrected chi connectivity index (χ0v) is 15.6. The van der Waals surface area contributed by atoms with Crippen LogP contribution in [0.25, 0.3) is 0 Å². The highest BCUT2D eigenvalue weighted by molar-refractivity contribution is 7.98. The number of nitrogens with zero attached hydrogens (tertiary/aromatic N) is 4. The van der Waals surface area contributed by atoms with Gasteiger partial charge in [-0.25, -0.2) is 4.98 Å². The maximum Gasteiger partial charge on any atom is 0.253 e. The zero-order valence-electron chi connectivity index (χ0n) is 14.8. The van der Waals surface area contributed by atoms with Crippen molar-refractivity contribution in [1.82, 2.24) is 20.0 Å². The van der Waals surface area contributed by atoms with Gasteiger partial charge in [-0.05, 0) is 29.8 Å². The molecule has 1 aromatic carbocycles. The average molecular weight is 368 g/mol. The van der Waals surface area contributed by atoms with E-state index < -0.39 is 0 Å². The van der Waals surface area contributed by atoms with Crippen LogP contribution >= 0.6 is 11.8 Å². The molecule has 0 spiro atoms. The highest BCUT2D eigenvalue weighted by atomic mass is 32.2. The van der Waals surface area contributed by atoms with E-state index in [0.29, 0.717) is 30.2 Å². The Bertz CT molecular complexity index is 849. The van der Waals surface area contributed by atoms with Crippen molar-refractivity contribution in [2.24, 2.45) is 0 Å². The van der Waals surface area contributed by atoms with Gasteiger partial charge in [0, 0.05) is 44.5 Å². The van der Waals surface area contributed by atoms with Crippen molar-refractivity contribution in [3.63, 3.8) is 0 Å².